The molecular formula is C20H20N2O6S. The van der Waals surface area contributed by atoms with E-state index in [4.69, 9.17) is 14.6 Å². The van der Waals surface area contributed by atoms with E-state index in [9.17, 15) is 18.0 Å². The summed E-state index contributed by atoms with van der Waals surface area (Å²) >= 11 is 0. The zero-order chi connectivity index (χ0) is 21.0. The van der Waals surface area contributed by atoms with Gasteiger partial charge in [0.2, 0.25) is 10.0 Å². The molecule has 152 valence electrons. The third kappa shape index (κ3) is 5.21. The molecular weight excluding hydrogens is 396 g/mol. The largest absolute Gasteiger partial charge is 0.488 e. The minimum Gasteiger partial charge on any atom is -0.488 e. The molecule has 0 saturated carbocycles. The first kappa shape index (κ1) is 20.6. The SMILES string of the molecule is C[C@@H](NC(=O)COC(=O)C1=Cc2ccccc2OC1)c1ccc(S(N)(=O)=O)cc1. The van der Waals surface area contributed by atoms with Crippen LogP contribution in [0.15, 0.2) is 59.0 Å². The van der Waals surface area contributed by atoms with E-state index in [1.807, 2.05) is 18.2 Å². The maximum Gasteiger partial charge on any atom is 0.338 e. The van der Waals surface area contributed by atoms with Crippen molar-refractivity contribution in [3.8, 4) is 5.75 Å². The Bertz CT molecular complexity index is 1060. The molecule has 1 heterocycles. The number of para-hydroxylation sites is 1. The van der Waals surface area contributed by atoms with Crippen molar-refractivity contribution < 1.29 is 27.5 Å². The first-order valence-corrected chi connectivity index (χ1v) is 10.3. The van der Waals surface area contributed by atoms with E-state index in [-0.39, 0.29) is 11.5 Å². The third-order valence-corrected chi connectivity index (χ3v) is 5.24. The minimum atomic E-state index is -3.78. The Labute approximate surface area is 168 Å². The summed E-state index contributed by atoms with van der Waals surface area (Å²) in [6.07, 6.45) is 1.68. The lowest BCUT2D eigenvalue weighted by atomic mass is 10.1. The second-order valence-electron chi connectivity index (χ2n) is 6.48. The standard InChI is InChI=1S/C20H20N2O6S/c1-13(14-6-8-17(9-7-14)29(21,25)26)22-19(23)12-28-20(24)16-10-15-4-2-3-5-18(15)27-11-16/h2-10,13H,11-12H2,1H3,(H,22,23)(H2,21,25,26)/t13-/m1/s1. The van der Waals surface area contributed by atoms with Crippen LogP contribution >= 0.6 is 0 Å². The van der Waals surface area contributed by atoms with Gasteiger partial charge in [-0.15, -0.1) is 0 Å². The summed E-state index contributed by atoms with van der Waals surface area (Å²) in [5.41, 5.74) is 1.77. The van der Waals surface area contributed by atoms with Gasteiger partial charge in [0, 0.05) is 5.56 Å². The lowest BCUT2D eigenvalue weighted by Crippen LogP contribution is -2.31. The molecule has 1 aliphatic heterocycles. The number of carbonyl (C=O) groups is 2. The number of carbonyl (C=O) groups excluding carboxylic acids is 2. The molecule has 0 spiro atoms. The molecule has 9 heteroatoms. The number of esters is 1. The van der Waals surface area contributed by atoms with E-state index in [0.717, 1.165) is 5.56 Å². The highest BCUT2D eigenvalue weighted by Gasteiger charge is 2.20. The van der Waals surface area contributed by atoms with Crippen LogP contribution in [0.3, 0.4) is 0 Å². The quantitative estimate of drug-likeness (QED) is 0.688. The van der Waals surface area contributed by atoms with Gasteiger partial charge in [-0.3, -0.25) is 4.79 Å². The van der Waals surface area contributed by atoms with Gasteiger partial charge in [0.1, 0.15) is 12.4 Å². The maximum atomic E-state index is 12.2. The molecule has 0 saturated heterocycles. The molecule has 0 radical (unpaired) electrons. The Morgan fingerprint density at radius 3 is 2.55 bits per heavy atom. The number of ether oxygens (including phenoxy) is 2. The van der Waals surface area contributed by atoms with Crippen molar-refractivity contribution >= 4 is 28.0 Å². The van der Waals surface area contributed by atoms with Crippen molar-refractivity contribution in [2.24, 2.45) is 5.14 Å². The first-order valence-electron chi connectivity index (χ1n) is 8.75. The van der Waals surface area contributed by atoms with E-state index in [0.29, 0.717) is 16.9 Å². The molecule has 0 aromatic heterocycles. The van der Waals surface area contributed by atoms with Crippen LogP contribution in [0.1, 0.15) is 24.1 Å². The molecule has 1 aliphatic rings. The van der Waals surface area contributed by atoms with Gasteiger partial charge in [-0.1, -0.05) is 30.3 Å². The van der Waals surface area contributed by atoms with Crippen LogP contribution in [-0.4, -0.2) is 33.5 Å². The number of nitrogens with one attached hydrogen (secondary N) is 1. The molecule has 0 fully saturated rings. The molecule has 0 bridgehead atoms. The van der Waals surface area contributed by atoms with E-state index < -0.39 is 34.5 Å². The fraction of sp³-hybridized carbons (Fsp3) is 0.200. The second kappa shape index (κ2) is 8.46. The van der Waals surface area contributed by atoms with Crippen LogP contribution in [0.2, 0.25) is 0 Å². The lowest BCUT2D eigenvalue weighted by Gasteiger charge is -2.17. The van der Waals surface area contributed by atoms with E-state index in [1.165, 1.54) is 12.1 Å². The van der Waals surface area contributed by atoms with Gasteiger partial charge in [0.15, 0.2) is 6.61 Å². The zero-order valence-corrected chi connectivity index (χ0v) is 16.4. The maximum absolute atomic E-state index is 12.2. The smallest absolute Gasteiger partial charge is 0.338 e. The molecule has 3 rings (SSSR count). The van der Waals surface area contributed by atoms with Crippen LogP contribution in [-0.2, 0) is 24.3 Å². The van der Waals surface area contributed by atoms with Crippen molar-refractivity contribution in [2.75, 3.05) is 13.2 Å². The highest BCUT2D eigenvalue weighted by molar-refractivity contribution is 7.89. The van der Waals surface area contributed by atoms with Crippen LogP contribution < -0.4 is 15.2 Å². The van der Waals surface area contributed by atoms with Gasteiger partial charge in [0.05, 0.1) is 16.5 Å². The first-order chi connectivity index (χ1) is 13.7. The normalized spacial score (nSPS) is 14.1. The fourth-order valence-corrected chi connectivity index (χ4v) is 3.29. The number of nitrogens with two attached hydrogens (primary N) is 1. The predicted molar refractivity (Wildman–Crippen MR) is 105 cm³/mol. The lowest BCUT2D eigenvalue weighted by molar-refractivity contribution is -0.145. The van der Waals surface area contributed by atoms with Crippen molar-refractivity contribution in [3.63, 3.8) is 0 Å². The van der Waals surface area contributed by atoms with Crippen molar-refractivity contribution in [2.45, 2.75) is 17.9 Å². The Hall–Kier alpha value is -3.17. The van der Waals surface area contributed by atoms with E-state index >= 15 is 0 Å². The Morgan fingerprint density at radius 1 is 1.17 bits per heavy atom. The van der Waals surface area contributed by atoms with Gasteiger partial charge >= 0.3 is 5.97 Å². The van der Waals surface area contributed by atoms with Crippen LogP contribution in [0.5, 0.6) is 5.75 Å². The monoisotopic (exact) mass is 416 g/mol. The topological polar surface area (TPSA) is 125 Å². The number of sulfonamides is 1. The van der Waals surface area contributed by atoms with Gasteiger partial charge in [0.25, 0.3) is 5.91 Å². The Balaban J connectivity index is 1.53. The molecule has 29 heavy (non-hydrogen) atoms. The number of rotatable bonds is 6. The highest BCUT2D eigenvalue weighted by Crippen LogP contribution is 2.26. The number of hydrogen-bond donors (Lipinski definition) is 2. The summed E-state index contributed by atoms with van der Waals surface area (Å²) in [5, 5.41) is 7.74. The summed E-state index contributed by atoms with van der Waals surface area (Å²) in [6, 6.07) is 12.7. The summed E-state index contributed by atoms with van der Waals surface area (Å²) in [6.45, 7) is 1.35. The van der Waals surface area contributed by atoms with Gasteiger partial charge in [-0.25, -0.2) is 18.4 Å². The summed E-state index contributed by atoms with van der Waals surface area (Å²) in [4.78, 5) is 24.2. The minimum absolute atomic E-state index is 0.0155. The van der Waals surface area contributed by atoms with Gasteiger partial charge < -0.3 is 14.8 Å². The average molecular weight is 416 g/mol. The Morgan fingerprint density at radius 2 is 1.86 bits per heavy atom. The van der Waals surface area contributed by atoms with Crippen molar-refractivity contribution in [3.05, 3.63) is 65.2 Å². The fourth-order valence-electron chi connectivity index (χ4n) is 2.77. The molecule has 0 unspecified atom stereocenters. The highest BCUT2D eigenvalue weighted by atomic mass is 32.2. The number of amides is 1. The van der Waals surface area contributed by atoms with Crippen molar-refractivity contribution in [1.29, 1.82) is 0 Å². The van der Waals surface area contributed by atoms with Crippen LogP contribution in [0.4, 0.5) is 0 Å². The van der Waals surface area contributed by atoms with Gasteiger partial charge in [-0.2, -0.15) is 0 Å². The van der Waals surface area contributed by atoms with Crippen LogP contribution in [0, 0.1) is 0 Å². The summed E-state index contributed by atoms with van der Waals surface area (Å²) < 4.78 is 33.1. The molecule has 3 N–H and O–H groups in total. The molecule has 1 atom stereocenters. The van der Waals surface area contributed by atoms with Crippen LogP contribution in [0.25, 0.3) is 6.08 Å². The summed E-state index contributed by atoms with van der Waals surface area (Å²) in [7, 11) is -3.78. The molecule has 1 amide bonds. The number of primary sulfonamides is 1. The molecule has 0 aliphatic carbocycles. The molecule has 2 aromatic carbocycles. The number of fused-ring (bicyclic) bond motifs is 1. The number of benzene rings is 2. The molecule has 2 aromatic rings. The summed E-state index contributed by atoms with van der Waals surface area (Å²) in [5.74, 6) is -0.428. The average Bonchev–Trinajstić information content (AvgIpc) is 2.71. The third-order valence-electron chi connectivity index (χ3n) is 4.31. The van der Waals surface area contributed by atoms with E-state index in [1.54, 1.807) is 31.2 Å². The predicted octanol–water partition coefficient (Wildman–Crippen LogP) is 1.53. The number of hydrogen-bond acceptors (Lipinski definition) is 6. The Kier molecular flexibility index (Phi) is 6.00. The van der Waals surface area contributed by atoms with Crippen molar-refractivity contribution in [1.82, 2.24) is 5.32 Å². The molecule has 8 nitrogen and oxygen atoms in total. The zero-order valence-electron chi connectivity index (χ0n) is 15.6. The second-order valence-corrected chi connectivity index (χ2v) is 8.04. The van der Waals surface area contributed by atoms with Gasteiger partial charge in [-0.05, 0) is 36.8 Å². The van der Waals surface area contributed by atoms with E-state index in [2.05, 4.69) is 5.32 Å².